The molecular formula is C13H22N6O. The quantitative estimate of drug-likeness (QED) is 0.514. The second kappa shape index (κ2) is 7.16. The highest BCUT2D eigenvalue weighted by Crippen LogP contribution is 2.21. The lowest BCUT2D eigenvalue weighted by Gasteiger charge is -2.23. The molecule has 1 aromatic heterocycles. The van der Waals surface area contributed by atoms with E-state index in [0.29, 0.717) is 24.1 Å². The molecule has 1 aromatic rings. The number of carbonyl (C=O) groups is 1. The van der Waals surface area contributed by atoms with E-state index in [-0.39, 0.29) is 5.91 Å². The number of likely N-dealkylation sites (N-methyl/N-ethyl adjacent to an activating group) is 1. The summed E-state index contributed by atoms with van der Waals surface area (Å²) in [5.41, 5.74) is 2.67. The molecule has 0 spiro atoms. The van der Waals surface area contributed by atoms with Crippen LogP contribution in [0.5, 0.6) is 0 Å². The maximum absolute atomic E-state index is 11.9. The minimum absolute atomic E-state index is 0.208. The van der Waals surface area contributed by atoms with E-state index in [0.717, 1.165) is 6.54 Å². The van der Waals surface area contributed by atoms with Gasteiger partial charge >= 0.3 is 0 Å². The van der Waals surface area contributed by atoms with Gasteiger partial charge in [0.15, 0.2) is 11.5 Å². The van der Waals surface area contributed by atoms with Crippen molar-refractivity contribution >= 4 is 11.7 Å². The van der Waals surface area contributed by atoms with Crippen LogP contribution in [-0.4, -0.2) is 47.2 Å². The molecule has 7 nitrogen and oxygen atoms in total. The molecule has 1 fully saturated rings. The van der Waals surface area contributed by atoms with Crippen LogP contribution >= 0.6 is 0 Å². The van der Waals surface area contributed by atoms with E-state index in [1.807, 2.05) is 0 Å². The molecule has 1 saturated carbocycles. The van der Waals surface area contributed by atoms with Crippen LogP contribution in [0.2, 0.25) is 0 Å². The molecule has 0 unspecified atom stereocenters. The van der Waals surface area contributed by atoms with Crippen LogP contribution in [0.1, 0.15) is 36.2 Å². The van der Waals surface area contributed by atoms with Gasteiger partial charge in [0.2, 0.25) is 0 Å². The molecular weight excluding hydrogens is 256 g/mol. The standard InChI is InChI=1S/C13H22N6O/c1-19(10-4-2-3-5-10)9-8-15-13(20)11-6-7-12(16-14)18-17-11/h6-7,10H,2-5,8-9,14H2,1H3,(H,15,20)(H,16,18). The molecule has 1 heterocycles. The van der Waals surface area contributed by atoms with Crippen molar-refractivity contribution < 1.29 is 4.79 Å². The van der Waals surface area contributed by atoms with Gasteiger partial charge in [0.25, 0.3) is 5.91 Å². The molecule has 4 N–H and O–H groups in total. The average molecular weight is 278 g/mol. The van der Waals surface area contributed by atoms with Gasteiger partial charge in [-0.1, -0.05) is 12.8 Å². The number of nitrogen functional groups attached to an aromatic ring is 1. The number of carbonyl (C=O) groups excluding carboxylic acids is 1. The number of nitrogens with one attached hydrogen (secondary N) is 2. The van der Waals surface area contributed by atoms with Crippen LogP contribution in [0.3, 0.4) is 0 Å². The van der Waals surface area contributed by atoms with Crippen molar-refractivity contribution in [2.75, 3.05) is 25.6 Å². The Morgan fingerprint density at radius 1 is 1.40 bits per heavy atom. The van der Waals surface area contributed by atoms with Crippen LogP contribution in [0.15, 0.2) is 12.1 Å². The summed E-state index contributed by atoms with van der Waals surface area (Å²) in [5.74, 6) is 5.42. The lowest BCUT2D eigenvalue weighted by atomic mass is 10.2. The minimum atomic E-state index is -0.208. The molecule has 0 saturated heterocycles. The fourth-order valence-electron chi connectivity index (χ4n) is 2.49. The zero-order valence-corrected chi connectivity index (χ0v) is 11.8. The largest absolute Gasteiger partial charge is 0.349 e. The highest BCUT2D eigenvalue weighted by atomic mass is 16.1. The van der Waals surface area contributed by atoms with Crippen molar-refractivity contribution in [3.63, 3.8) is 0 Å². The van der Waals surface area contributed by atoms with E-state index in [9.17, 15) is 4.79 Å². The van der Waals surface area contributed by atoms with E-state index in [2.05, 4.69) is 32.9 Å². The molecule has 0 aromatic carbocycles. The van der Waals surface area contributed by atoms with Crippen molar-refractivity contribution in [1.82, 2.24) is 20.4 Å². The van der Waals surface area contributed by atoms with Crippen LogP contribution in [0.4, 0.5) is 5.82 Å². The SMILES string of the molecule is CN(CCNC(=O)c1ccc(NN)nn1)C1CCCC1. The summed E-state index contributed by atoms with van der Waals surface area (Å²) in [4.78, 5) is 14.2. The Bertz CT molecular complexity index is 429. The highest BCUT2D eigenvalue weighted by Gasteiger charge is 2.19. The van der Waals surface area contributed by atoms with Crippen molar-refractivity contribution in [1.29, 1.82) is 0 Å². The number of aromatic nitrogens is 2. The molecule has 2 rings (SSSR count). The first-order valence-corrected chi connectivity index (χ1v) is 6.99. The molecule has 0 radical (unpaired) electrons. The second-order valence-corrected chi connectivity index (χ2v) is 5.12. The van der Waals surface area contributed by atoms with Crippen molar-refractivity contribution in [3.8, 4) is 0 Å². The van der Waals surface area contributed by atoms with Gasteiger partial charge in [0, 0.05) is 19.1 Å². The van der Waals surface area contributed by atoms with Gasteiger partial charge in [-0.3, -0.25) is 4.79 Å². The Hall–Kier alpha value is -1.73. The lowest BCUT2D eigenvalue weighted by Crippen LogP contribution is -2.37. The maximum Gasteiger partial charge on any atom is 0.271 e. The normalized spacial score (nSPS) is 15.6. The Morgan fingerprint density at radius 2 is 2.15 bits per heavy atom. The molecule has 1 aliphatic carbocycles. The number of amides is 1. The molecule has 1 aliphatic rings. The van der Waals surface area contributed by atoms with Gasteiger partial charge in [-0.2, -0.15) is 0 Å². The Morgan fingerprint density at radius 3 is 2.75 bits per heavy atom. The number of hydrogen-bond donors (Lipinski definition) is 3. The molecule has 1 amide bonds. The summed E-state index contributed by atoms with van der Waals surface area (Å²) < 4.78 is 0. The van der Waals surface area contributed by atoms with Gasteiger partial charge in [-0.05, 0) is 32.0 Å². The van der Waals surface area contributed by atoms with Gasteiger partial charge in [-0.25, -0.2) is 5.84 Å². The first kappa shape index (κ1) is 14.7. The summed E-state index contributed by atoms with van der Waals surface area (Å²) >= 11 is 0. The van der Waals surface area contributed by atoms with Crippen molar-refractivity contribution in [3.05, 3.63) is 17.8 Å². The summed E-state index contributed by atoms with van der Waals surface area (Å²) in [5, 5.41) is 10.4. The third-order valence-electron chi connectivity index (χ3n) is 3.74. The smallest absolute Gasteiger partial charge is 0.271 e. The molecule has 0 aliphatic heterocycles. The fraction of sp³-hybridized carbons (Fsp3) is 0.615. The van der Waals surface area contributed by atoms with E-state index in [1.165, 1.54) is 25.7 Å². The summed E-state index contributed by atoms with van der Waals surface area (Å²) in [6.07, 6.45) is 5.17. The number of hydrazine groups is 1. The molecule has 0 bridgehead atoms. The van der Waals surface area contributed by atoms with Crippen molar-refractivity contribution in [2.24, 2.45) is 5.84 Å². The third-order valence-corrected chi connectivity index (χ3v) is 3.74. The maximum atomic E-state index is 11.9. The van der Waals surface area contributed by atoms with Crippen LogP contribution < -0.4 is 16.6 Å². The fourth-order valence-corrected chi connectivity index (χ4v) is 2.49. The summed E-state index contributed by atoms with van der Waals surface area (Å²) in [6.45, 7) is 1.47. The van der Waals surface area contributed by atoms with Crippen LogP contribution in [0.25, 0.3) is 0 Å². The predicted molar refractivity (Wildman–Crippen MR) is 77.1 cm³/mol. The number of rotatable bonds is 6. The number of nitrogens with zero attached hydrogens (tertiary/aromatic N) is 3. The van der Waals surface area contributed by atoms with E-state index >= 15 is 0 Å². The lowest BCUT2D eigenvalue weighted by molar-refractivity contribution is 0.0941. The third kappa shape index (κ3) is 3.88. The summed E-state index contributed by atoms with van der Waals surface area (Å²) in [6, 6.07) is 3.88. The van der Waals surface area contributed by atoms with E-state index < -0.39 is 0 Å². The zero-order valence-electron chi connectivity index (χ0n) is 11.8. The first-order chi connectivity index (χ1) is 9.70. The van der Waals surface area contributed by atoms with Gasteiger partial charge < -0.3 is 15.6 Å². The predicted octanol–water partition coefficient (Wildman–Crippen LogP) is 0.366. The van der Waals surface area contributed by atoms with Crippen LogP contribution in [0, 0.1) is 0 Å². The van der Waals surface area contributed by atoms with E-state index in [4.69, 9.17) is 5.84 Å². The van der Waals surface area contributed by atoms with E-state index in [1.54, 1.807) is 12.1 Å². The first-order valence-electron chi connectivity index (χ1n) is 6.99. The Labute approximate surface area is 118 Å². The van der Waals surface area contributed by atoms with Gasteiger partial charge in [-0.15, -0.1) is 10.2 Å². The van der Waals surface area contributed by atoms with Crippen LogP contribution in [-0.2, 0) is 0 Å². The molecule has 7 heteroatoms. The number of hydrogen-bond acceptors (Lipinski definition) is 6. The second-order valence-electron chi connectivity index (χ2n) is 5.12. The Kier molecular flexibility index (Phi) is 5.25. The van der Waals surface area contributed by atoms with Gasteiger partial charge in [0.1, 0.15) is 0 Å². The van der Waals surface area contributed by atoms with Crippen molar-refractivity contribution in [2.45, 2.75) is 31.7 Å². The van der Waals surface area contributed by atoms with Gasteiger partial charge in [0.05, 0.1) is 0 Å². The molecule has 20 heavy (non-hydrogen) atoms. The monoisotopic (exact) mass is 278 g/mol. The number of anilines is 1. The molecule has 110 valence electrons. The highest BCUT2D eigenvalue weighted by molar-refractivity contribution is 5.92. The average Bonchev–Trinajstić information content (AvgIpc) is 3.01. The topological polar surface area (TPSA) is 96.2 Å². The Balaban J connectivity index is 1.73. The zero-order chi connectivity index (χ0) is 14.4. The minimum Gasteiger partial charge on any atom is -0.349 e. The molecule has 0 atom stereocenters. The number of nitrogens with two attached hydrogens (primary N) is 1. The summed E-state index contributed by atoms with van der Waals surface area (Å²) in [7, 11) is 2.11.